The van der Waals surface area contributed by atoms with E-state index < -0.39 is 0 Å². The Labute approximate surface area is 105 Å². The van der Waals surface area contributed by atoms with E-state index in [-0.39, 0.29) is 6.03 Å². The van der Waals surface area contributed by atoms with Crippen LogP contribution in [0.5, 0.6) is 0 Å². The Morgan fingerprint density at radius 3 is 2.47 bits per heavy atom. The maximum atomic E-state index is 12.4. The van der Waals surface area contributed by atoms with Gasteiger partial charge in [-0.3, -0.25) is 0 Å². The van der Waals surface area contributed by atoms with Gasteiger partial charge in [0.1, 0.15) is 0 Å². The Morgan fingerprint density at radius 1 is 1.29 bits per heavy atom. The van der Waals surface area contributed by atoms with Crippen molar-refractivity contribution in [2.75, 3.05) is 32.7 Å². The number of urea groups is 1. The predicted octanol–water partition coefficient (Wildman–Crippen LogP) is 1.91. The number of carbonyl (C=O) groups is 1. The third kappa shape index (κ3) is 3.87. The summed E-state index contributed by atoms with van der Waals surface area (Å²) < 4.78 is 0. The molecule has 1 saturated heterocycles. The summed E-state index contributed by atoms with van der Waals surface area (Å²) in [5.41, 5.74) is 0. The largest absolute Gasteiger partial charge is 0.325 e. The van der Waals surface area contributed by atoms with Gasteiger partial charge in [0.05, 0.1) is 0 Å². The lowest BCUT2D eigenvalue weighted by Crippen LogP contribution is -2.53. The lowest BCUT2D eigenvalue weighted by atomic mass is 10.1. The first-order chi connectivity index (χ1) is 8.24. The lowest BCUT2D eigenvalue weighted by molar-refractivity contribution is 0.127. The minimum Gasteiger partial charge on any atom is -0.325 e. The minimum absolute atomic E-state index is 0.213. The summed E-state index contributed by atoms with van der Waals surface area (Å²) in [6.07, 6.45) is 3.35. The molecule has 0 aromatic rings. The van der Waals surface area contributed by atoms with Crippen molar-refractivity contribution in [3.63, 3.8) is 0 Å². The predicted molar refractivity (Wildman–Crippen MR) is 71.2 cm³/mol. The Morgan fingerprint density at radius 2 is 2.00 bits per heavy atom. The van der Waals surface area contributed by atoms with Gasteiger partial charge in [-0.05, 0) is 39.7 Å². The molecule has 0 aromatic heterocycles. The van der Waals surface area contributed by atoms with Crippen LogP contribution in [-0.4, -0.2) is 54.6 Å². The number of rotatable bonds is 5. The van der Waals surface area contributed by atoms with Crippen LogP contribution in [0.15, 0.2) is 0 Å². The highest BCUT2D eigenvalue weighted by atomic mass is 16.2. The molecule has 1 N–H and O–H groups in total. The molecule has 1 atom stereocenters. The minimum atomic E-state index is 0.213. The molecular weight excluding hydrogens is 214 g/mol. The van der Waals surface area contributed by atoms with E-state index in [0.29, 0.717) is 6.04 Å². The standard InChI is InChI=1S/C13H27N3O/c1-4-10-16(12-8-7-9-14-11-12)13(17)15(5-2)6-3/h12,14H,4-11H2,1-3H3. The molecule has 0 radical (unpaired) electrons. The van der Waals surface area contributed by atoms with Crippen LogP contribution in [-0.2, 0) is 0 Å². The fourth-order valence-electron chi connectivity index (χ4n) is 2.45. The van der Waals surface area contributed by atoms with Crippen LogP contribution in [0.2, 0.25) is 0 Å². The number of hydrogen-bond donors (Lipinski definition) is 1. The highest BCUT2D eigenvalue weighted by Crippen LogP contribution is 2.13. The molecule has 0 bridgehead atoms. The number of piperidine rings is 1. The van der Waals surface area contributed by atoms with Gasteiger partial charge in [0.2, 0.25) is 0 Å². The van der Waals surface area contributed by atoms with Crippen molar-refractivity contribution in [3.05, 3.63) is 0 Å². The highest BCUT2D eigenvalue weighted by Gasteiger charge is 2.26. The Hall–Kier alpha value is -0.770. The van der Waals surface area contributed by atoms with Crippen LogP contribution in [0, 0.1) is 0 Å². The van der Waals surface area contributed by atoms with E-state index in [0.717, 1.165) is 45.6 Å². The molecule has 4 heteroatoms. The summed E-state index contributed by atoms with van der Waals surface area (Å²) >= 11 is 0. The normalized spacial score (nSPS) is 20.1. The first-order valence-electron chi connectivity index (χ1n) is 7.00. The average Bonchev–Trinajstić information content (AvgIpc) is 2.38. The molecule has 1 rings (SSSR count). The SMILES string of the molecule is CCCN(C(=O)N(CC)CC)C1CCCNC1. The first-order valence-corrected chi connectivity index (χ1v) is 7.00. The van der Waals surface area contributed by atoms with Gasteiger partial charge in [0, 0.05) is 32.2 Å². The molecular formula is C13H27N3O. The number of nitrogens with one attached hydrogen (secondary N) is 1. The zero-order chi connectivity index (χ0) is 12.7. The third-order valence-corrected chi connectivity index (χ3v) is 3.46. The van der Waals surface area contributed by atoms with Crippen LogP contribution in [0.25, 0.3) is 0 Å². The van der Waals surface area contributed by atoms with Gasteiger partial charge in [-0.25, -0.2) is 4.79 Å². The molecule has 0 aromatic carbocycles. The number of nitrogens with zero attached hydrogens (tertiary/aromatic N) is 2. The van der Waals surface area contributed by atoms with E-state index in [9.17, 15) is 4.79 Å². The van der Waals surface area contributed by atoms with Gasteiger partial charge < -0.3 is 15.1 Å². The molecule has 2 amide bonds. The van der Waals surface area contributed by atoms with Crippen LogP contribution in [0.3, 0.4) is 0 Å². The molecule has 1 aliphatic heterocycles. The lowest BCUT2D eigenvalue weighted by Gasteiger charge is -2.37. The van der Waals surface area contributed by atoms with Crippen LogP contribution in [0.1, 0.15) is 40.0 Å². The van der Waals surface area contributed by atoms with Gasteiger partial charge in [0.25, 0.3) is 0 Å². The topological polar surface area (TPSA) is 35.6 Å². The number of amides is 2. The maximum absolute atomic E-state index is 12.4. The smallest absolute Gasteiger partial charge is 0.320 e. The van der Waals surface area contributed by atoms with Gasteiger partial charge in [-0.15, -0.1) is 0 Å². The second-order valence-electron chi connectivity index (χ2n) is 4.65. The molecule has 0 saturated carbocycles. The van der Waals surface area contributed by atoms with Crippen LogP contribution < -0.4 is 5.32 Å². The van der Waals surface area contributed by atoms with Crippen LogP contribution >= 0.6 is 0 Å². The van der Waals surface area contributed by atoms with E-state index in [1.807, 2.05) is 18.7 Å². The third-order valence-electron chi connectivity index (χ3n) is 3.46. The van der Waals surface area contributed by atoms with E-state index >= 15 is 0 Å². The molecule has 1 heterocycles. The fraction of sp³-hybridized carbons (Fsp3) is 0.923. The van der Waals surface area contributed by atoms with Gasteiger partial charge in [-0.2, -0.15) is 0 Å². The monoisotopic (exact) mass is 241 g/mol. The fourth-order valence-corrected chi connectivity index (χ4v) is 2.45. The highest BCUT2D eigenvalue weighted by molar-refractivity contribution is 5.74. The van der Waals surface area contributed by atoms with Crippen LogP contribution in [0.4, 0.5) is 4.79 Å². The maximum Gasteiger partial charge on any atom is 0.320 e. The molecule has 0 aliphatic carbocycles. The summed E-state index contributed by atoms with van der Waals surface area (Å²) in [6.45, 7) is 10.8. The summed E-state index contributed by atoms with van der Waals surface area (Å²) in [6, 6.07) is 0.599. The number of carbonyl (C=O) groups excluding carboxylic acids is 1. The first kappa shape index (κ1) is 14.3. The van der Waals surface area contributed by atoms with E-state index in [1.165, 1.54) is 6.42 Å². The second-order valence-corrected chi connectivity index (χ2v) is 4.65. The van der Waals surface area contributed by atoms with Crippen molar-refractivity contribution < 1.29 is 4.79 Å². The molecule has 1 unspecified atom stereocenters. The van der Waals surface area contributed by atoms with E-state index in [4.69, 9.17) is 0 Å². The van der Waals surface area contributed by atoms with Gasteiger partial charge in [-0.1, -0.05) is 6.92 Å². The Balaban J connectivity index is 2.65. The molecule has 17 heavy (non-hydrogen) atoms. The zero-order valence-corrected chi connectivity index (χ0v) is 11.5. The average molecular weight is 241 g/mol. The number of hydrogen-bond acceptors (Lipinski definition) is 2. The van der Waals surface area contributed by atoms with Crippen molar-refractivity contribution in [1.29, 1.82) is 0 Å². The van der Waals surface area contributed by atoms with E-state index in [1.54, 1.807) is 0 Å². The quantitative estimate of drug-likeness (QED) is 0.798. The summed E-state index contributed by atoms with van der Waals surface area (Å²) in [5.74, 6) is 0. The van der Waals surface area contributed by atoms with Crippen molar-refractivity contribution in [2.24, 2.45) is 0 Å². The second kappa shape index (κ2) is 7.54. The van der Waals surface area contributed by atoms with Gasteiger partial charge in [0.15, 0.2) is 0 Å². The van der Waals surface area contributed by atoms with Gasteiger partial charge >= 0.3 is 6.03 Å². The zero-order valence-electron chi connectivity index (χ0n) is 11.5. The molecule has 4 nitrogen and oxygen atoms in total. The summed E-state index contributed by atoms with van der Waals surface area (Å²) in [7, 11) is 0. The van der Waals surface area contributed by atoms with Crippen molar-refractivity contribution >= 4 is 6.03 Å². The van der Waals surface area contributed by atoms with Crippen molar-refractivity contribution in [1.82, 2.24) is 15.1 Å². The Kier molecular flexibility index (Phi) is 6.34. The molecule has 100 valence electrons. The van der Waals surface area contributed by atoms with Crippen molar-refractivity contribution in [3.8, 4) is 0 Å². The summed E-state index contributed by atoms with van der Waals surface area (Å²) in [4.78, 5) is 16.4. The van der Waals surface area contributed by atoms with E-state index in [2.05, 4.69) is 17.1 Å². The molecule has 1 fully saturated rings. The molecule has 0 spiro atoms. The summed E-state index contributed by atoms with van der Waals surface area (Å²) in [5, 5.41) is 3.39. The van der Waals surface area contributed by atoms with Crippen molar-refractivity contribution in [2.45, 2.75) is 46.1 Å². The Bertz CT molecular complexity index is 223. The molecule has 1 aliphatic rings.